The summed E-state index contributed by atoms with van der Waals surface area (Å²) in [6.45, 7) is 0.989. The first-order valence-electron chi connectivity index (χ1n) is 9.42. The molecule has 1 heterocycles. The minimum atomic E-state index is 0.899. The topological polar surface area (TPSA) is 3.88 Å². The average Bonchev–Trinajstić information content (AvgIpc) is 2.75. The average molecular weight is 348 g/mol. The molecule has 0 aliphatic heterocycles. The summed E-state index contributed by atoms with van der Waals surface area (Å²) < 4.78 is 2.31. The molecule has 0 saturated carbocycles. The van der Waals surface area contributed by atoms with Gasteiger partial charge in [0.25, 0.3) is 0 Å². The third-order valence-corrected chi connectivity index (χ3v) is 4.71. The Balaban J connectivity index is 1.35. The van der Waals surface area contributed by atoms with Gasteiger partial charge in [0.2, 0.25) is 5.52 Å². The molecule has 0 bridgehead atoms. The number of nitrogens with zero attached hydrogens (tertiary/aromatic N) is 1. The lowest BCUT2D eigenvalue weighted by Crippen LogP contribution is -2.33. The zero-order chi connectivity index (χ0) is 18.3. The van der Waals surface area contributed by atoms with E-state index in [2.05, 4.69) is 108 Å². The minimum Gasteiger partial charge on any atom is -0.198 e. The number of benzene rings is 3. The number of hydrogen-bond donors (Lipinski definition) is 0. The number of aryl methyl sites for hydroxylation is 1. The molecule has 27 heavy (non-hydrogen) atoms. The molecule has 0 radical (unpaired) electrons. The van der Waals surface area contributed by atoms with Crippen molar-refractivity contribution in [3.8, 4) is 23.0 Å². The number of rotatable bonds is 4. The summed E-state index contributed by atoms with van der Waals surface area (Å²) in [4.78, 5) is 0. The minimum absolute atomic E-state index is 0.899. The molecule has 1 heteroatoms. The molecule has 0 amide bonds. The van der Waals surface area contributed by atoms with Gasteiger partial charge in [-0.15, -0.1) is 0 Å². The Hall–Kier alpha value is -3.37. The van der Waals surface area contributed by atoms with E-state index in [0.717, 1.165) is 24.9 Å². The molecule has 0 saturated heterocycles. The molecule has 0 aliphatic rings. The molecule has 0 unspecified atom stereocenters. The van der Waals surface area contributed by atoms with E-state index < -0.39 is 0 Å². The van der Waals surface area contributed by atoms with Crippen LogP contribution >= 0.6 is 0 Å². The van der Waals surface area contributed by atoms with Gasteiger partial charge in [-0.3, -0.25) is 0 Å². The van der Waals surface area contributed by atoms with E-state index in [1.807, 2.05) is 6.07 Å². The third kappa shape index (κ3) is 4.25. The number of para-hydroxylation sites is 1. The zero-order valence-corrected chi connectivity index (χ0v) is 15.3. The van der Waals surface area contributed by atoms with Crippen molar-refractivity contribution < 1.29 is 4.57 Å². The van der Waals surface area contributed by atoms with Gasteiger partial charge in [0.1, 0.15) is 6.54 Å². The van der Waals surface area contributed by atoms with Crippen molar-refractivity contribution in [1.82, 2.24) is 0 Å². The molecular weight excluding hydrogens is 326 g/mol. The summed E-state index contributed by atoms with van der Waals surface area (Å²) in [7, 11) is 0. The van der Waals surface area contributed by atoms with Gasteiger partial charge in [0.05, 0.1) is 0 Å². The van der Waals surface area contributed by atoms with E-state index in [4.69, 9.17) is 0 Å². The van der Waals surface area contributed by atoms with Crippen LogP contribution < -0.4 is 4.57 Å². The van der Waals surface area contributed by atoms with E-state index >= 15 is 0 Å². The lowest BCUT2D eigenvalue weighted by molar-refractivity contribution is -0.671. The lowest BCUT2D eigenvalue weighted by atomic mass is 10.0. The smallest absolute Gasteiger partial charge is 0.198 e. The summed E-state index contributed by atoms with van der Waals surface area (Å²) in [5, 5.41) is 1.28. The molecule has 0 spiro atoms. The van der Waals surface area contributed by atoms with Crippen molar-refractivity contribution in [2.24, 2.45) is 0 Å². The van der Waals surface area contributed by atoms with Crippen LogP contribution in [0.25, 0.3) is 22.0 Å². The van der Waals surface area contributed by atoms with E-state index in [9.17, 15) is 0 Å². The van der Waals surface area contributed by atoms with Crippen LogP contribution in [-0.2, 0) is 6.54 Å². The maximum atomic E-state index is 3.32. The maximum Gasteiger partial charge on any atom is 0.212 e. The second-order valence-corrected chi connectivity index (χ2v) is 6.61. The van der Waals surface area contributed by atoms with Gasteiger partial charge in [0.15, 0.2) is 6.20 Å². The van der Waals surface area contributed by atoms with Gasteiger partial charge >= 0.3 is 0 Å². The number of pyridine rings is 1. The Morgan fingerprint density at radius 3 is 2.22 bits per heavy atom. The molecule has 1 aromatic heterocycles. The monoisotopic (exact) mass is 348 g/mol. The lowest BCUT2D eigenvalue weighted by Gasteiger charge is -2.01. The van der Waals surface area contributed by atoms with Gasteiger partial charge in [-0.25, -0.2) is 0 Å². The van der Waals surface area contributed by atoms with Crippen molar-refractivity contribution in [1.29, 1.82) is 0 Å². The highest BCUT2D eigenvalue weighted by molar-refractivity contribution is 5.74. The van der Waals surface area contributed by atoms with Crippen LogP contribution in [0.4, 0.5) is 0 Å². The fraction of sp³-hybridized carbons (Fsp3) is 0.115. The summed E-state index contributed by atoms with van der Waals surface area (Å²) in [6.07, 6.45) is 4.10. The molecule has 0 atom stereocenters. The molecule has 3 aromatic carbocycles. The van der Waals surface area contributed by atoms with Crippen LogP contribution in [0.3, 0.4) is 0 Å². The predicted octanol–water partition coefficient (Wildman–Crippen LogP) is 5.63. The Bertz CT molecular complexity index is 1080. The van der Waals surface area contributed by atoms with E-state index in [0.29, 0.717) is 0 Å². The largest absolute Gasteiger partial charge is 0.212 e. The van der Waals surface area contributed by atoms with Crippen molar-refractivity contribution in [2.45, 2.75) is 19.4 Å². The van der Waals surface area contributed by atoms with Gasteiger partial charge in [-0.05, 0) is 35.4 Å². The van der Waals surface area contributed by atoms with Crippen molar-refractivity contribution in [3.05, 3.63) is 103 Å². The highest BCUT2D eigenvalue weighted by Crippen LogP contribution is 2.18. The van der Waals surface area contributed by atoms with Crippen LogP contribution in [0.5, 0.6) is 0 Å². The van der Waals surface area contributed by atoms with Crippen LogP contribution in [-0.4, -0.2) is 0 Å². The molecule has 0 fully saturated rings. The van der Waals surface area contributed by atoms with Gasteiger partial charge in [0, 0.05) is 35.9 Å². The van der Waals surface area contributed by atoms with Gasteiger partial charge in [-0.1, -0.05) is 66.4 Å². The SMILES string of the molecule is C(#Cc1ccc(-c2ccccc2)cc1)CCC[n+]1cccc2ccccc21. The Morgan fingerprint density at radius 1 is 0.667 bits per heavy atom. The number of hydrogen-bond acceptors (Lipinski definition) is 0. The highest BCUT2D eigenvalue weighted by Gasteiger charge is 2.05. The molecule has 0 aliphatic carbocycles. The summed E-state index contributed by atoms with van der Waals surface area (Å²) in [5.41, 5.74) is 4.83. The Kier molecular flexibility index (Phi) is 5.27. The number of unbranched alkanes of at least 4 members (excludes halogenated alkanes) is 1. The van der Waals surface area contributed by atoms with Gasteiger partial charge in [-0.2, -0.15) is 4.57 Å². The molecule has 1 nitrogen and oxygen atoms in total. The van der Waals surface area contributed by atoms with Crippen molar-refractivity contribution in [3.63, 3.8) is 0 Å². The second-order valence-electron chi connectivity index (χ2n) is 6.61. The summed E-state index contributed by atoms with van der Waals surface area (Å²) in [5.74, 6) is 6.60. The standard InChI is InChI=1S/C26H22N/c1-4-11-23(12-5-1)24-18-16-22(17-19-24)10-3-2-8-20-27-21-9-14-25-13-6-7-15-26(25)27/h1,4-7,9,11-19,21H,2,8,20H2/q+1. The van der Waals surface area contributed by atoms with Crippen LogP contribution in [0.2, 0.25) is 0 Å². The molecule has 130 valence electrons. The van der Waals surface area contributed by atoms with E-state index in [-0.39, 0.29) is 0 Å². The number of fused-ring (bicyclic) bond motifs is 1. The first kappa shape index (κ1) is 17.1. The van der Waals surface area contributed by atoms with Crippen molar-refractivity contribution >= 4 is 10.9 Å². The zero-order valence-electron chi connectivity index (χ0n) is 15.3. The van der Waals surface area contributed by atoms with Crippen LogP contribution in [0, 0.1) is 11.8 Å². The first-order valence-corrected chi connectivity index (χ1v) is 9.42. The molecule has 4 rings (SSSR count). The fourth-order valence-corrected chi connectivity index (χ4v) is 3.29. The second kappa shape index (κ2) is 8.34. The van der Waals surface area contributed by atoms with E-state index in [1.54, 1.807) is 0 Å². The normalized spacial score (nSPS) is 10.4. The summed E-state index contributed by atoms with van der Waals surface area (Å²) >= 11 is 0. The maximum absolute atomic E-state index is 3.32. The fourth-order valence-electron chi connectivity index (χ4n) is 3.29. The molecular formula is C26H22N+. The first-order chi connectivity index (χ1) is 13.4. The quantitative estimate of drug-likeness (QED) is 0.256. The number of aromatic nitrogens is 1. The van der Waals surface area contributed by atoms with Crippen LogP contribution in [0.1, 0.15) is 18.4 Å². The highest BCUT2D eigenvalue weighted by atomic mass is 14.9. The Morgan fingerprint density at radius 2 is 1.37 bits per heavy atom. The van der Waals surface area contributed by atoms with Crippen LogP contribution in [0.15, 0.2) is 97.2 Å². The summed E-state index contributed by atoms with van der Waals surface area (Å²) in [6, 6.07) is 31.7. The molecule has 0 N–H and O–H groups in total. The van der Waals surface area contributed by atoms with E-state index in [1.165, 1.54) is 22.0 Å². The predicted molar refractivity (Wildman–Crippen MR) is 112 cm³/mol. The Labute approximate surface area is 160 Å². The van der Waals surface area contributed by atoms with Gasteiger partial charge < -0.3 is 0 Å². The molecule has 4 aromatic rings. The third-order valence-electron chi connectivity index (χ3n) is 4.71. The van der Waals surface area contributed by atoms with Crippen molar-refractivity contribution in [2.75, 3.05) is 0 Å².